The van der Waals surface area contributed by atoms with Crippen molar-refractivity contribution < 1.29 is 4.79 Å². The molecule has 28 heavy (non-hydrogen) atoms. The first kappa shape index (κ1) is 18.8. The van der Waals surface area contributed by atoms with Gasteiger partial charge in [-0.05, 0) is 51.9 Å². The van der Waals surface area contributed by atoms with E-state index in [0.29, 0.717) is 4.88 Å². The molecule has 4 heterocycles. The number of aromatic nitrogens is 4. The summed E-state index contributed by atoms with van der Waals surface area (Å²) in [7, 11) is 0. The lowest BCUT2D eigenvalue weighted by Crippen LogP contribution is -2.26. The number of carbonyl (C=O) groups excluding carboxylic acids is 1. The molecule has 0 radical (unpaired) electrons. The fourth-order valence-electron chi connectivity index (χ4n) is 3.52. The molecule has 0 aliphatic carbocycles. The Balaban J connectivity index is 1.42. The number of nitrogens with zero attached hydrogens (tertiary/aromatic N) is 5. The van der Waals surface area contributed by atoms with Gasteiger partial charge in [0.15, 0.2) is 5.82 Å². The molecule has 1 fully saturated rings. The Morgan fingerprint density at radius 1 is 1.25 bits per heavy atom. The van der Waals surface area contributed by atoms with Crippen LogP contribution in [0.15, 0.2) is 36.8 Å². The van der Waals surface area contributed by atoms with Crippen LogP contribution in [0, 0.1) is 6.92 Å². The van der Waals surface area contributed by atoms with E-state index in [2.05, 4.69) is 25.3 Å². The lowest BCUT2D eigenvalue weighted by Gasteiger charge is -2.13. The van der Waals surface area contributed by atoms with Crippen molar-refractivity contribution in [1.82, 2.24) is 30.0 Å². The second kappa shape index (κ2) is 8.20. The number of hydrogen-bond acceptors (Lipinski definition) is 6. The van der Waals surface area contributed by atoms with Gasteiger partial charge in [-0.3, -0.25) is 9.69 Å². The summed E-state index contributed by atoms with van der Waals surface area (Å²) in [5, 5.41) is 8.50. The smallest absolute Gasteiger partial charge is 0.263 e. The van der Waals surface area contributed by atoms with Gasteiger partial charge < -0.3 is 5.32 Å². The summed E-state index contributed by atoms with van der Waals surface area (Å²) in [4.78, 5) is 24.5. The molecule has 3 aromatic heterocycles. The minimum absolute atomic E-state index is 0.0948. The molecule has 8 heteroatoms. The van der Waals surface area contributed by atoms with Crippen LogP contribution in [0.3, 0.4) is 0 Å². The largest absolute Gasteiger partial charge is 0.345 e. The van der Waals surface area contributed by atoms with E-state index < -0.39 is 0 Å². The molecule has 3 aromatic rings. The zero-order valence-electron chi connectivity index (χ0n) is 16.1. The summed E-state index contributed by atoms with van der Waals surface area (Å²) in [6, 6.07) is 5.55. The van der Waals surface area contributed by atoms with Crippen LogP contribution in [0.25, 0.3) is 5.82 Å². The molecule has 146 valence electrons. The maximum absolute atomic E-state index is 12.7. The minimum atomic E-state index is -0.158. The molecule has 0 spiro atoms. The number of amides is 1. The van der Waals surface area contributed by atoms with Gasteiger partial charge in [0.25, 0.3) is 5.91 Å². The molecule has 4 rings (SSSR count). The number of likely N-dealkylation sites (tertiary alicyclic amines) is 1. The minimum Gasteiger partial charge on any atom is -0.345 e. The van der Waals surface area contributed by atoms with Crippen LogP contribution in [-0.4, -0.2) is 43.6 Å². The Bertz CT molecular complexity index is 945. The van der Waals surface area contributed by atoms with Crippen LogP contribution in [-0.2, 0) is 6.54 Å². The average Bonchev–Trinajstić information content (AvgIpc) is 3.44. The predicted molar refractivity (Wildman–Crippen MR) is 109 cm³/mol. The molecular weight excluding hydrogens is 372 g/mol. The monoisotopic (exact) mass is 396 g/mol. The third-order valence-electron chi connectivity index (χ3n) is 5.06. The van der Waals surface area contributed by atoms with Crippen molar-refractivity contribution in [3.05, 3.63) is 57.9 Å². The van der Waals surface area contributed by atoms with Gasteiger partial charge >= 0.3 is 0 Å². The molecule has 7 nitrogen and oxygen atoms in total. The van der Waals surface area contributed by atoms with Gasteiger partial charge in [0.05, 0.1) is 25.0 Å². The molecule has 0 saturated carbocycles. The highest BCUT2D eigenvalue weighted by Crippen LogP contribution is 2.22. The van der Waals surface area contributed by atoms with Crippen LogP contribution in [0.5, 0.6) is 0 Å². The van der Waals surface area contributed by atoms with E-state index in [1.165, 1.54) is 24.2 Å². The number of pyridine rings is 1. The van der Waals surface area contributed by atoms with Gasteiger partial charge in [-0.1, -0.05) is 6.07 Å². The zero-order valence-corrected chi connectivity index (χ0v) is 16.9. The molecule has 1 aliphatic heterocycles. The normalized spacial score (nSPS) is 15.6. The van der Waals surface area contributed by atoms with Gasteiger partial charge in [-0.15, -0.1) is 11.3 Å². The van der Waals surface area contributed by atoms with Crippen LogP contribution < -0.4 is 5.32 Å². The van der Waals surface area contributed by atoms with Gasteiger partial charge in [-0.2, -0.15) is 5.10 Å². The molecule has 1 N–H and O–H groups in total. The number of hydrogen-bond donors (Lipinski definition) is 1. The third-order valence-corrected chi connectivity index (χ3v) is 6.04. The third kappa shape index (κ3) is 3.98. The molecule has 1 unspecified atom stereocenters. The van der Waals surface area contributed by atoms with E-state index in [0.717, 1.165) is 41.7 Å². The summed E-state index contributed by atoms with van der Waals surface area (Å²) in [6.07, 6.45) is 7.72. The molecule has 1 aliphatic rings. The first-order valence-electron chi connectivity index (χ1n) is 9.55. The molecular formula is C20H24N6OS. The van der Waals surface area contributed by atoms with Gasteiger partial charge in [0.1, 0.15) is 9.88 Å². The number of nitrogens with one attached hydrogen (secondary N) is 1. The second-order valence-electron chi connectivity index (χ2n) is 7.08. The van der Waals surface area contributed by atoms with Crippen molar-refractivity contribution in [3.63, 3.8) is 0 Å². The first-order valence-corrected chi connectivity index (χ1v) is 10.4. The topological polar surface area (TPSA) is 75.9 Å². The number of carbonyl (C=O) groups is 1. The first-order chi connectivity index (χ1) is 13.6. The predicted octanol–water partition coefficient (Wildman–Crippen LogP) is 3.12. The van der Waals surface area contributed by atoms with E-state index in [4.69, 9.17) is 0 Å². The summed E-state index contributed by atoms with van der Waals surface area (Å²) in [5.74, 6) is 0.668. The summed E-state index contributed by atoms with van der Waals surface area (Å²) >= 11 is 1.48. The number of thiazole rings is 1. The fraction of sp³-hybridized carbons (Fsp3) is 0.400. The van der Waals surface area contributed by atoms with Crippen molar-refractivity contribution >= 4 is 17.2 Å². The number of rotatable bonds is 6. The Kier molecular flexibility index (Phi) is 5.50. The van der Waals surface area contributed by atoms with Gasteiger partial charge in [-0.25, -0.2) is 14.6 Å². The highest BCUT2D eigenvalue weighted by atomic mass is 32.1. The lowest BCUT2D eigenvalue weighted by atomic mass is 10.1. The Morgan fingerprint density at radius 3 is 2.82 bits per heavy atom. The summed E-state index contributed by atoms with van der Waals surface area (Å²) in [5.41, 5.74) is 1.94. The maximum atomic E-state index is 12.7. The Labute approximate surface area is 168 Å². The van der Waals surface area contributed by atoms with Crippen molar-refractivity contribution in [1.29, 1.82) is 0 Å². The Hall–Kier alpha value is -2.58. The van der Waals surface area contributed by atoms with Crippen molar-refractivity contribution in [2.24, 2.45) is 0 Å². The van der Waals surface area contributed by atoms with Gasteiger partial charge in [0.2, 0.25) is 0 Å². The van der Waals surface area contributed by atoms with E-state index in [9.17, 15) is 4.79 Å². The van der Waals surface area contributed by atoms with Crippen LogP contribution in [0.4, 0.5) is 0 Å². The maximum Gasteiger partial charge on any atom is 0.263 e. The molecule has 0 bridgehead atoms. The Morgan fingerprint density at radius 2 is 2.07 bits per heavy atom. The quantitative estimate of drug-likeness (QED) is 0.693. The van der Waals surface area contributed by atoms with Crippen molar-refractivity contribution in [3.8, 4) is 5.82 Å². The van der Waals surface area contributed by atoms with E-state index in [1.54, 1.807) is 23.3 Å². The second-order valence-corrected chi connectivity index (χ2v) is 8.20. The van der Waals surface area contributed by atoms with Crippen LogP contribution in [0.1, 0.15) is 51.7 Å². The van der Waals surface area contributed by atoms with Crippen molar-refractivity contribution in [2.45, 2.75) is 39.3 Å². The molecule has 0 aromatic carbocycles. The van der Waals surface area contributed by atoms with Crippen molar-refractivity contribution in [2.75, 3.05) is 13.1 Å². The fourth-order valence-corrected chi connectivity index (χ4v) is 4.39. The zero-order chi connectivity index (χ0) is 19.5. The molecule has 1 atom stereocenters. The highest BCUT2D eigenvalue weighted by molar-refractivity contribution is 7.13. The van der Waals surface area contributed by atoms with E-state index in [-0.39, 0.29) is 11.9 Å². The van der Waals surface area contributed by atoms with E-state index in [1.807, 2.05) is 32.0 Å². The summed E-state index contributed by atoms with van der Waals surface area (Å²) in [6.45, 7) is 7.04. The lowest BCUT2D eigenvalue weighted by molar-refractivity contribution is 0.0943. The van der Waals surface area contributed by atoms with E-state index >= 15 is 0 Å². The standard InChI is InChI=1S/C20H24N6OS/c1-14(16-11-23-26(15(16)2)18-7-3-4-8-21-18)24-20(27)17-12-22-19(28-17)13-25-9-5-6-10-25/h3-4,7-8,11-12,14H,5-6,9-10,13H2,1-2H3,(H,24,27). The summed E-state index contributed by atoms with van der Waals surface area (Å²) < 4.78 is 1.79. The SMILES string of the molecule is Cc1c(C(C)NC(=O)c2cnc(CN3CCCC3)s2)cnn1-c1ccccn1. The van der Waals surface area contributed by atoms with Crippen LogP contribution in [0.2, 0.25) is 0 Å². The van der Waals surface area contributed by atoms with Crippen LogP contribution >= 0.6 is 11.3 Å². The molecule has 1 amide bonds. The molecule has 1 saturated heterocycles. The highest BCUT2D eigenvalue weighted by Gasteiger charge is 2.20. The average molecular weight is 397 g/mol. The van der Waals surface area contributed by atoms with Gasteiger partial charge in [0, 0.05) is 17.5 Å².